The van der Waals surface area contributed by atoms with Crippen molar-refractivity contribution in [2.24, 2.45) is 0 Å². The minimum absolute atomic E-state index is 0.282. The Kier molecular flexibility index (Phi) is 5.45. The summed E-state index contributed by atoms with van der Waals surface area (Å²) < 4.78 is 0. The van der Waals surface area contributed by atoms with Gasteiger partial charge in [-0.1, -0.05) is 20.3 Å². The first-order valence-electron chi connectivity index (χ1n) is 7.53. The number of aromatic nitrogens is 2. The molecule has 2 N–H and O–H groups in total. The third kappa shape index (κ3) is 3.31. The van der Waals surface area contributed by atoms with Crippen molar-refractivity contribution in [3.63, 3.8) is 0 Å². The summed E-state index contributed by atoms with van der Waals surface area (Å²) in [6, 6.07) is 0.282. The topological polar surface area (TPSA) is 75.1 Å². The monoisotopic (exact) mass is 309 g/mol. The van der Waals surface area contributed by atoms with Crippen molar-refractivity contribution in [1.82, 2.24) is 10.2 Å². The van der Waals surface area contributed by atoms with Crippen molar-refractivity contribution in [3.05, 3.63) is 16.8 Å². The molecule has 2 rings (SSSR count). The summed E-state index contributed by atoms with van der Waals surface area (Å²) in [6.07, 6.45) is 6.86. The molecule has 2 atom stereocenters. The molecular weight excluding hydrogens is 286 g/mol. The Hall–Kier alpha value is -1.30. The Labute approximate surface area is 129 Å². The van der Waals surface area contributed by atoms with Gasteiger partial charge in [0.25, 0.3) is 0 Å². The number of anilines is 1. The minimum Gasteiger partial charge on any atom is -0.478 e. The maximum Gasteiger partial charge on any atom is 0.339 e. The molecule has 0 amide bonds. The summed E-state index contributed by atoms with van der Waals surface area (Å²) in [7, 11) is 0. The van der Waals surface area contributed by atoms with Crippen LogP contribution in [0.4, 0.5) is 5.82 Å². The van der Waals surface area contributed by atoms with Crippen LogP contribution in [0.5, 0.6) is 0 Å². The molecule has 2 unspecified atom stereocenters. The Balaban J connectivity index is 2.36. The fourth-order valence-corrected chi connectivity index (χ4v) is 3.99. The zero-order chi connectivity index (χ0) is 15.4. The molecule has 1 fully saturated rings. The highest BCUT2D eigenvalue weighted by molar-refractivity contribution is 7.99. The fourth-order valence-electron chi connectivity index (χ4n) is 3.05. The van der Waals surface area contributed by atoms with Crippen LogP contribution in [0, 0.1) is 0 Å². The molecule has 1 heterocycles. The number of thioether (sulfide) groups is 1. The Morgan fingerprint density at radius 1 is 1.33 bits per heavy atom. The van der Waals surface area contributed by atoms with E-state index in [4.69, 9.17) is 0 Å². The van der Waals surface area contributed by atoms with E-state index >= 15 is 0 Å². The van der Waals surface area contributed by atoms with Gasteiger partial charge in [-0.25, -0.2) is 4.79 Å². The van der Waals surface area contributed by atoms with E-state index in [0.717, 1.165) is 17.7 Å². The van der Waals surface area contributed by atoms with Crippen LogP contribution in [0.3, 0.4) is 0 Å². The van der Waals surface area contributed by atoms with E-state index in [9.17, 15) is 9.90 Å². The molecule has 1 aromatic heterocycles. The number of nitrogens with zero attached hydrogens (tertiary/aromatic N) is 2. The van der Waals surface area contributed by atoms with Crippen LogP contribution in [-0.4, -0.2) is 38.8 Å². The molecule has 0 aromatic carbocycles. The molecule has 0 aliphatic heterocycles. The van der Waals surface area contributed by atoms with Gasteiger partial charge in [0.1, 0.15) is 5.56 Å². The summed E-state index contributed by atoms with van der Waals surface area (Å²) in [5.41, 5.74) is 1.89. The standard InChI is InChI=1S/C15H23N3O2S/c1-4-9-10(5-2)17-18-14(13(9)15(19)20)16-11-7-6-8-12(11)21-3/h11-12H,4-8H2,1-3H3,(H,16,18)(H,19,20). The molecule has 116 valence electrons. The molecule has 0 radical (unpaired) electrons. The highest BCUT2D eigenvalue weighted by Gasteiger charge is 2.29. The molecule has 6 heteroatoms. The van der Waals surface area contributed by atoms with E-state index in [-0.39, 0.29) is 6.04 Å². The van der Waals surface area contributed by atoms with Crippen LogP contribution >= 0.6 is 11.8 Å². The highest BCUT2D eigenvalue weighted by atomic mass is 32.2. The molecule has 0 saturated heterocycles. The predicted octanol–water partition coefficient (Wildman–Crippen LogP) is 3.00. The molecule has 5 nitrogen and oxygen atoms in total. The van der Waals surface area contributed by atoms with Gasteiger partial charge in [-0.15, -0.1) is 5.10 Å². The molecular formula is C15H23N3O2S. The van der Waals surface area contributed by atoms with Crippen LogP contribution < -0.4 is 5.32 Å². The first kappa shape index (κ1) is 16.1. The molecule has 1 saturated carbocycles. The van der Waals surface area contributed by atoms with Crippen molar-refractivity contribution < 1.29 is 9.90 Å². The van der Waals surface area contributed by atoms with Gasteiger partial charge >= 0.3 is 5.97 Å². The quantitative estimate of drug-likeness (QED) is 0.841. The second kappa shape index (κ2) is 7.11. The number of hydrogen-bond acceptors (Lipinski definition) is 5. The summed E-state index contributed by atoms with van der Waals surface area (Å²) >= 11 is 1.83. The third-order valence-electron chi connectivity index (χ3n) is 4.14. The maximum atomic E-state index is 11.7. The van der Waals surface area contributed by atoms with E-state index in [1.165, 1.54) is 12.8 Å². The molecule has 1 aromatic rings. The molecule has 1 aliphatic rings. The number of carboxylic acid groups (broad SMARTS) is 1. The second-order valence-corrected chi connectivity index (χ2v) is 6.39. The number of nitrogens with one attached hydrogen (secondary N) is 1. The van der Waals surface area contributed by atoms with Gasteiger partial charge in [0, 0.05) is 11.3 Å². The van der Waals surface area contributed by atoms with Gasteiger partial charge in [-0.05, 0) is 37.5 Å². The number of carbonyl (C=O) groups is 1. The number of rotatable bonds is 6. The lowest BCUT2D eigenvalue weighted by molar-refractivity contribution is 0.0696. The summed E-state index contributed by atoms with van der Waals surface area (Å²) in [5.74, 6) is -0.486. The SMILES string of the molecule is CCc1nnc(NC2CCCC2SC)c(C(=O)O)c1CC. The zero-order valence-electron chi connectivity index (χ0n) is 12.8. The summed E-state index contributed by atoms with van der Waals surface area (Å²) in [6.45, 7) is 3.94. The average molecular weight is 309 g/mol. The first-order chi connectivity index (χ1) is 10.1. The zero-order valence-corrected chi connectivity index (χ0v) is 13.7. The molecule has 0 spiro atoms. The number of hydrogen-bond donors (Lipinski definition) is 2. The summed E-state index contributed by atoms with van der Waals surface area (Å²) in [5, 5.41) is 21.8. The van der Waals surface area contributed by atoms with E-state index in [2.05, 4.69) is 21.8 Å². The van der Waals surface area contributed by atoms with Gasteiger partial charge in [0.05, 0.1) is 5.69 Å². The van der Waals surface area contributed by atoms with Crippen LogP contribution in [-0.2, 0) is 12.8 Å². The van der Waals surface area contributed by atoms with Crippen LogP contribution in [0.2, 0.25) is 0 Å². The third-order valence-corrected chi connectivity index (χ3v) is 5.31. The van der Waals surface area contributed by atoms with Crippen molar-refractivity contribution >= 4 is 23.5 Å². The average Bonchev–Trinajstić information content (AvgIpc) is 2.93. The van der Waals surface area contributed by atoms with E-state index in [1.807, 2.05) is 25.6 Å². The normalized spacial score (nSPS) is 21.5. The molecule has 21 heavy (non-hydrogen) atoms. The van der Waals surface area contributed by atoms with Gasteiger partial charge in [0.2, 0.25) is 0 Å². The fraction of sp³-hybridized carbons (Fsp3) is 0.667. The van der Waals surface area contributed by atoms with Crippen LogP contribution in [0.15, 0.2) is 0 Å². The minimum atomic E-state index is -0.919. The molecule has 0 bridgehead atoms. The second-order valence-electron chi connectivity index (χ2n) is 5.32. The largest absolute Gasteiger partial charge is 0.478 e. The van der Waals surface area contributed by atoms with Gasteiger partial charge in [-0.3, -0.25) is 0 Å². The summed E-state index contributed by atoms with van der Waals surface area (Å²) in [4.78, 5) is 11.7. The van der Waals surface area contributed by atoms with Crippen molar-refractivity contribution in [3.8, 4) is 0 Å². The van der Waals surface area contributed by atoms with Crippen molar-refractivity contribution in [2.75, 3.05) is 11.6 Å². The Morgan fingerprint density at radius 3 is 2.67 bits per heavy atom. The predicted molar refractivity (Wildman–Crippen MR) is 86.3 cm³/mol. The smallest absolute Gasteiger partial charge is 0.339 e. The number of aryl methyl sites for hydroxylation is 1. The van der Waals surface area contributed by atoms with E-state index < -0.39 is 5.97 Å². The Bertz CT molecular complexity index is 522. The highest BCUT2D eigenvalue weighted by Crippen LogP contribution is 2.32. The van der Waals surface area contributed by atoms with Crippen LogP contribution in [0.25, 0.3) is 0 Å². The van der Waals surface area contributed by atoms with Crippen molar-refractivity contribution in [2.45, 2.75) is 57.2 Å². The Morgan fingerprint density at radius 2 is 2.10 bits per heavy atom. The van der Waals surface area contributed by atoms with Gasteiger partial charge in [0.15, 0.2) is 5.82 Å². The van der Waals surface area contributed by atoms with E-state index in [0.29, 0.717) is 29.5 Å². The van der Waals surface area contributed by atoms with Crippen molar-refractivity contribution in [1.29, 1.82) is 0 Å². The maximum absolute atomic E-state index is 11.7. The lowest BCUT2D eigenvalue weighted by Gasteiger charge is -2.21. The van der Waals surface area contributed by atoms with Gasteiger partial charge in [-0.2, -0.15) is 16.9 Å². The first-order valence-corrected chi connectivity index (χ1v) is 8.82. The van der Waals surface area contributed by atoms with Gasteiger partial charge < -0.3 is 10.4 Å². The van der Waals surface area contributed by atoms with Crippen LogP contribution in [0.1, 0.15) is 54.7 Å². The lowest BCUT2D eigenvalue weighted by Crippen LogP contribution is -2.28. The lowest BCUT2D eigenvalue weighted by atomic mass is 10.0. The molecule has 1 aliphatic carbocycles. The number of carboxylic acids is 1. The van der Waals surface area contributed by atoms with E-state index in [1.54, 1.807) is 0 Å². The number of aromatic carboxylic acids is 1.